The number of hydrogen-bond donors (Lipinski definition) is 1. The fourth-order valence-corrected chi connectivity index (χ4v) is 3.49. The summed E-state index contributed by atoms with van der Waals surface area (Å²) in [6.07, 6.45) is 9.89. The molecule has 102 valence electrons. The predicted octanol–water partition coefficient (Wildman–Crippen LogP) is 3.52. The first-order valence-corrected chi connectivity index (χ1v) is 7.40. The zero-order chi connectivity index (χ0) is 13.0. The highest BCUT2D eigenvalue weighted by Gasteiger charge is 2.36. The van der Waals surface area contributed by atoms with Gasteiger partial charge in [-0.1, -0.05) is 33.1 Å². The van der Waals surface area contributed by atoms with Crippen molar-refractivity contribution in [2.45, 2.75) is 65.0 Å². The van der Waals surface area contributed by atoms with Crippen LogP contribution in [0.1, 0.15) is 64.1 Å². The van der Waals surface area contributed by atoms with E-state index in [4.69, 9.17) is 0 Å². The van der Waals surface area contributed by atoms with Gasteiger partial charge in [-0.2, -0.15) is 5.10 Å². The predicted molar refractivity (Wildman–Crippen MR) is 75.5 cm³/mol. The summed E-state index contributed by atoms with van der Waals surface area (Å²) in [7, 11) is 2.09. The van der Waals surface area contributed by atoms with Crippen molar-refractivity contribution in [1.29, 1.82) is 0 Å². The van der Waals surface area contributed by atoms with Crippen LogP contribution < -0.4 is 5.32 Å². The molecule has 0 aromatic carbocycles. The van der Waals surface area contributed by atoms with Crippen molar-refractivity contribution in [2.75, 3.05) is 7.05 Å². The summed E-state index contributed by atoms with van der Waals surface area (Å²) in [5.41, 5.74) is 1.75. The maximum Gasteiger partial charge on any atom is 0.0559 e. The van der Waals surface area contributed by atoms with E-state index in [2.05, 4.69) is 42.1 Å². The monoisotopic (exact) mass is 249 g/mol. The van der Waals surface area contributed by atoms with E-state index in [1.54, 1.807) is 0 Å². The van der Waals surface area contributed by atoms with E-state index in [1.165, 1.54) is 37.8 Å². The summed E-state index contributed by atoms with van der Waals surface area (Å²) in [6.45, 7) is 5.68. The van der Waals surface area contributed by atoms with Crippen LogP contribution in [0.5, 0.6) is 0 Å². The second-order valence-electron chi connectivity index (χ2n) is 5.92. The summed E-state index contributed by atoms with van der Waals surface area (Å²) in [5, 5.41) is 8.03. The van der Waals surface area contributed by atoms with Crippen molar-refractivity contribution in [2.24, 2.45) is 5.41 Å². The molecule has 1 aliphatic carbocycles. The highest BCUT2D eigenvalue weighted by molar-refractivity contribution is 5.12. The van der Waals surface area contributed by atoms with Crippen LogP contribution in [0, 0.1) is 5.41 Å². The molecule has 1 fully saturated rings. The Hall–Kier alpha value is -0.830. The number of rotatable bonds is 5. The molecule has 1 aromatic rings. The van der Waals surface area contributed by atoms with Crippen LogP contribution in [-0.2, 0) is 6.54 Å². The van der Waals surface area contributed by atoms with E-state index in [0.29, 0.717) is 11.5 Å². The third-order valence-corrected chi connectivity index (χ3v) is 4.46. The zero-order valence-corrected chi connectivity index (χ0v) is 12.1. The van der Waals surface area contributed by atoms with Crippen LogP contribution in [0.15, 0.2) is 12.3 Å². The molecule has 3 heteroatoms. The van der Waals surface area contributed by atoms with Gasteiger partial charge in [-0.15, -0.1) is 0 Å². The van der Waals surface area contributed by atoms with Crippen molar-refractivity contribution in [3.8, 4) is 0 Å². The molecule has 1 N–H and O–H groups in total. The molecular formula is C15H27N3. The van der Waals surface area contributed by atoms with Crippen molar-refractivity contribution in [3.05, 3.63) is 18.0 Å². The second-order valence-corrected chi connectivity index (χ2v) is 5.92. The van der Waals surface area contributed by atoms with E-state index in [-0.39, 0.29) is 0 Å². The fourth-order valence-electron chi connectivity index (χ4n) is 3.49. The van der Waals surface area contributed by atoms with Gasteiger partial charge in [0, 0.05) is 12.7 Å². The average molecular weight is 249 g/mol. The molecule has 0 radical (unpaired) electrons. The van der Waals surface area contributed by atoms with Crippen molar-refractivity contribution in [3.63, 3.8) is 0 Å². The maximum absolute atomic E-state index is 4.48. The molecule has 1 atom stereocenters. The Morgan fingerprint density at radius 3 is 2.72 bits per heavy atom. The highest BCUT2D eigenvalue weighted by atomic mass is 15.3. The van der Waals surface area contributed by atoms with E-state index in [9.17, 15) is 0 Å². The van der Waals surface area contributed by atoms with Gasteiger partial charge in [-0.25, -0.2) is 0 Å². The molecule has 3 nitrogen and oxygen atoms in total. The summed E-state index contributed by atoms with van der Waals surface area (Å²) in [6, 6.07) is 2.63. The Labute approximate surface area is 111 Å². The third kappa shape index (κ3) is 2.61. The van der Waals surface area contributed by atoms with Crippen LogP contribution >= 0.6 is 0 Å². The van der Waals surface area contributed by atoms with Crippen LogP contribution in [0.2, 0.25) is 0 Å². The quantitative estimate of drug-likeness (QED) is 0.865. The van der Waals surface area contributed by atoms with Crippen molar-refractivity contribution >= 4 is 0 Å². The lowest BCUT2D eigenvalue weighted by Crippen LogP contribution is -2.37. The molecule has 1 unspecified atom stereocenters. The van der Waals surface area contributed by atoms with Crippen molar-refractivity contribution < 1.29 is 0 Å². The minimum Gasteiger partial charge on any atom is -0.311 e. The van der Waals surface area contributed by atoms with Gasteiger partial charge >= 0.3 is 0 Å². The van der Waals surface area contributed by atoms with Crippen LogP contribution in [0.4, 0.5) is 0 Å². The van der Waals surface area contributed by atoms with Gasteiger partial charge in [0.05, 0.1) is 11.7 Å². The molecule has 0 aliphatic heterocycles. The van der Waals surface area contributed by atoms with Gasteiger partial charge in [-0.05, 0) is 37.8 Å². The SMILES string of the molecule is CCCn1nccc1C(NC)C1(C)CCCCC1. The number of aromatic nitrogens is 2. The van der Waals surface area contributed by atoms with Gasteiger partial charge in [0.25, 0.3) is 0 Å². The minimum atomic E-state index is 0.387. The molecule has 0 amide bonds. The van der Waals surface area contributed by atoms with E-state index in [0.717, 1.165) is 13.0 Å². The van der Waals surface area contributed by atoms with E-state index in [1.807, 2.05) is 6.20 Å². The second kappa shape index (κ2) is 5.87. The van der Waals surface area contributed by atoms with Gasteiger partial charge in [0.15, 0.2) is 0 Å². The largest absolute Gasteiger partial charge is 0.311 e. The average Bonchev–Trinajstić information content (AvgIpc) is 2.79. The van der Waals surface area contributed by atoms with E-state index < -0.39 is 0 Å². The maximum atomic E-state index is 4.48. The lowest BCUT2D eigenvalue weighted by molar-refractivity contribution is 0.144. The number of aryl methyl sites for hydroxylation is 1. The lowest BCUT2D eigenvalue weighted by Gasteiger charge is -2.40. The van der Waals surface area contributed by atoms with E-state index >= 15 is 0 Å². The smallest absolute Gasteiger partial charge is 0.0559 e. The van der Waals surface area contributed by atoms with Crippen LogP contribution in [-0.4, -0.2) is 16.8 Å². The summed E-state index contributed by atoms with van der Waals surface area (Å²) < 4.78 is 2.18. The molecule has 0 saturated heterocycles. The topological polar surface area (TPSA) is 29.9 Å². The Bertz CT molecular complexity index is 364. The normalized spacial score (nSPS) is 20.8. The van der Waals surface area contributed by atoms with Gasteiger partial charge < -0.3 is 5.32 Å². The van der Waals surface area contributed by atoms with Gasteiger partial charge in [0.2, 0.25) is 0 Å². The number of nitrogens with one attached hydrogen (secondary N) is 1. The molecule has 1 aliphatic rings. The third-order valence-electron chi connectivity index (χ3n) is 4.46. The Kier molecular flexibility index (Phi) is 4.44. The summed E-state index contributed by atoms with van der Waals surface area (Å²) in [4.78, 5) is 0. The molecule has 0 spiro atoms. The molecular weight excluding hydrogens is 222 g/mol. The molecule has 2 rings (SSSR count). The highest BCUT2D eigenvalue weighted by Crippen LogP contribution is 2.45. The lowest BCUT2D eigenvalue weighted by atomic mass is 9.69. The minimum absolute atomic E-state index is 0.387. The molecule has 0 bridgehead atoms. The zero-order valence-electron chi connectivity index (χ0n) is 12.1. The summed E-state index contributed by atoms with van der Waals surface area (Å²) >= 11 is 0. The molecule has 1 aromatic heterocycles. The van der Waals surface area contributed by atoms with Gasteiger partial charge in [-0.3, -0.25) is 4.68 Å². The fraction of sp³-hybridized carbons (Fsp3) is 0.800. The Morgan fingerprint density at radius 1 is 1.39 bits per heavy atom. The number of hydrogen-bond acceptors (Lipinski definition) is 2. The first-order valence-electron chi connectivity index (χ1n) is 7.40. The van der Waals surface area contributed by atoms with Crippen LogP contribution in [0.3, 0.4) is 0 Å². The first-order chi connectivity index (χ1) is 8.71. The summed E-state index contributed by atoms with van der Waals surface area (Å²) in [5.74, 6) is 0. The van der Waals surface area contributed by atoms with Crippen LogP contribution in [0.25, 0.3) is 0 Å². The molecule has 1 heterocycles. The Balaban J connectivity index is 2.23. The first kappa shape index (κ1) is 13.6. The molecule has 18 heavy (non-hydrogen) atoms. The number of nitrogens with zero attached hydrogens (tertiary/aromatic N) is 2. The van der Waals surface area contributed by atoms with Crippen molar-refractivity contribution in [1.82, 2.24) is 15.1 Å². The molecule has 1 saturated carbocycles. The standard InChI is InChI=1S/C15H27N3/c1-4-12-18-13(8-11-17-18)14(16-3)15(2)9-6-5-7-10-15/h8,11,14,16H,4-7,9-10,12H2,1-3H3. The van der Waals surface area contributed by atoms with Gasteiger partial charge in [0.1, 0.15) is 0 Å². The Morgan fingerprint density at radius 2 is 2.11 bits per heavy atom.